The van der Waals surface area contributed by atoms with Crippen molar-refractivity contribution >= 4 is 15.9 Å². The largest absolute Gasteiger partial charge is 0.379 e. The van der Waals surface area contributed by atoms with E-state index >= 15 is 0 Å². The Hall–Kier alpha value is -3.08. The standard InChI is InChI=1S/C21H22N4O5S/c1-24(15-19-22-20(23-30-19)16-5-3-2-4-6-16)21(26)17-7-9-18(10-8-17)31(27,28)25-11-13-29-14-12-25/h2-10H,11-15H2,1H3. The number of amides is 1. The zero-order valence-electron chi connectivity index (χ0n) is 17.0. The Morgan fingerprint density at radius 3 is 2.42 bits per heavy atom. The lowest BCUT2D eigenvalue weighted by Gasteiger charge is -2.26. The predicted octanol–water partition coefficient (Wildman–Crippen LogP) is 2.03. The zero-order chi connectivity index (χ0) is 21.8. The fourth-order valence-electron chi connectivity index (χ4n) is 3.22. The number of hydrogen-bond donors (Lipinski definition) is 0. The summed E-state index contributed by atoms with van der Waals surface area (Å²) in [5.41, 5.74) is 1.19. The van der Waals surface area contributed by atoms with Gasteiger partial charge in [0, 0.05) is 31.3 Å². The van der Waals surface area contributed by atoms with E-state index in [0.29, 0.717) is 43.6 Å². The number of nitrogens with zero attached hydrogens (tertiary/aromatic N) is 4. The second kappa shape index (κ2) is 8.96. The van der Waals surface area contributed by atoms with Crippen molar-refractivity contribution in [3.63, 3.8) is 0 Å². The molecule has 0 atom stereocenters. The molecule has 0 bridgehead atoms. The van der Waals surface area contributed by atoms with Crippen molar-refractivity contribution in [1.29, 1.82) is 0 Å². The molecule has 0 unspecified atom stereocenters. The minimum atomic E-state index is -3.60. The Balaban J connectivity index is 1.43. The molecule has 1 aromatic heterocycles. The Morgan fingerprint density at radius 1 is 1.06 bits per heavy atom. The Labute approximate surface area is 180 Å². The first-order valence-corrected chi connectivity index (χ1v) is 11.2. The van der Waals surface area contributed by atoms with E-state index in [1.165, 1.54) is 33.5 Å². The van der Waals surface area contributed by atoms with Crippen LogP contribution in [0.3, 0.4) is 0 Å². The lowest BCUT2D eigenvalue weighted by Crippen LogP contribution is -2.40. The summed E-state index contributed by atoms with van der Waals surface area (Å²) in [7, 11) is -1.98. The summed E-state index contributed by atoms with van der Waals surface area (Å²) in [5.74, 6) is 0.477. The van der Waals surface area contributed by atoms with Gasteiger partial charge in [-0.1, -0.05) is 35.5 Å². The van der Waals surface area contributed by atoms with Crippen molar-refractivity contribution in [3.05, 3.63) is 66.1 Å². The number of morpholine rings is 1. The maximum atomic E-state index is 12.7. The molecule has 0 radical (unpaired) electrons. The third-order valence-electron chi connectivity index (χ3n) is 4.93. The second-order valence-corrected chi connectivity index (χ2v) is 9.02. The van der Waals surface area contributed by atoms with Crippen molar-refractivity contribution in [2.45, 2.75) is 11.4 Å². The van der Waals surface area contributed by atoms with E-state index in [0.717, 1.165) is 5.56 Å². The molecule has 1 saturated heterocycles. The van der Waals surface area contributed by atoms with Crippen LogP contribution in [0.4, 0.5) is 0 Å². The molecule has 162 valence electrons. The highest BCUT2D eigenvalue weighted by Crippen LogP contribution is 2.19. The van der Waals surface area contributed by atoms with Crippen molar-refractivity contribution in [2.24, 2.45) is 0 Å². The molecule has 1 aliphatic rings. The first kappa shape index (κ1) is 21.2. The first-order chi connectivity index (χ1) is 14.9. The van der Waals surface area contributed by atoms with Gasteiger partial charge in [-0.2, -0.15) is 9.29 Å². The van der Waals surface area contributed by atoms with Gasteiger partial charge in [-0.3, -0.25) is 4.79 Å². The van der Waals surface area contributed by atoms with Crippen LogP contribution in [-0.2, 0) is 21.3 Å². The van der Waals surface area contributed by atoms with Gasteiger partial charge in [0.2, 0.25) is 21.7 Å². The number of rotatable bonds is 6. The van der Waals surface area contributed by atoms with Gasteiger partial charge in [-0.05, 0) is 24.3 Å². The number of hydrogen-bond acceptors (Lipinski definition) is 7. The summed E-state index contributed by atoms with van der Waals surface area (Å²) in [4.78, 5) is 18.7. The van der Waals surface area contributed by atoms with E-state index in [4.69, 9.17) is 9.26 Å². The summed E-state index contributed by atoms with van der Waals surface area (Å²) in [6, 6.07) is 15.3. The molecule has 1 amide bonds. The minimum absolute atomic E-state index is 0.131. The van der Waals surface area contributed by atoms with Gasteiger partial charge in [-0.15, -0.1) is 0 Å². The second-order valence-electron chi connectivity index (χ2n) is 7.08. The van der Waals surface area contributed by atoms with Crippen LogP contribution in [0.5, 0.6) is 0 Å². The highest BCUT2D eigenvalue weighted by Gasteiger charge is 2.26. The fraction of sp³-hybridized carbons (Fsp3) is 0.286. The van der Waals surface area contributed by atoms with Gasteiger partial charge < -0.3 is 14.2 Å². The quantitative estimate of drug-likeness (QED) is 0.575. The van der Waals surface area contributed by atoms with Gasteiger partial charge >= 0.3 is 0 Å². The third kappa shape index (κ3) is 4.66. The van der Waals surface area contributed by atoms with Crippen LogP contribution in [-0.4, -0.2) is 67.0 Å². The number of carbonyl (C=O) groups is 1. The van der Waals surface area contributed by atoms with E-state index in [-0.39, 0.29) is 17.3 Å². The lowest BCUT2D eigenvalue weighted by atomic mass is 10.2. The third-order valence-corrected chi connectivity index (χ3v) is 6.84. The van der Waals surface area contributed by atoms with Gasteiger partial charge in [0.25, 0.3) is 5.91 Å². The molecule has 31 heavy (non-hydrogen) atoms. The number of aromatic nitrogens is 2. The smallest absolute Gasteiger partial charge is 0.254 e. The maximum Gasteiger partial charge on any atom is 0.254 e. The highest BCUT2D eigenvalue weighted by atomic mass is 32.2. The number of carbonyl (C=O) groups excluding carboxylic acids is 1. The SMILES string of the molecule is CN(Cc1nc(-c2ccccc2)no1)C(=O)c1ccc(S(=O)(=O)N2CCOCC2)cc1. The van der Waals surface area contributed by atoms with Crippen LogP contribution in [0, 0.1) is 0 Å². The summed E-state index contributed by atoms with van der Waals surface area (Å²) < 4.78 is 37.3. The van der Waals surface area contributed by atoms with Crippen LogP contribution in [0.25, 0.3) is 11.4 Å². The maximum absolute atomic E-state index is 12.7. The molecular weight excluding hydrogens is 420 g/mol. The number of benzene rings is 2. The van der Waals surface area contributed by atoms with E-state index in [9.17, 15) is 13.2 Å². The van der Waals surface area contributed by atoms with Gasteiger partial charge in [0.15, 0.2) is 0 Å². The summed E-state index contributed by atoms with van der Waals surface area (Å²) in [6.07, 6.45) is 0. The van der Waals surface area contributed by atoms with Crippen molar-refractivity contribution < 1.29 is 22.5 Å². The Morgan fingerprint density at radius 2 is 1.74 bits per heavy atom. The molecule has 4 rings (SSSR count). The van der Waals surface area contributed by atoms with E-state index in [2.05, 4.69) is 10.1 Å². The monoisotopic (exact) mass is 442 g/mol. The molecule has 10 heteroatoms. The van der Waals surface area contributed by atoms with Crippen LogP contribution < -0.4 is 0 Å². The molecule has 2 aromatic carbocycles. The molecule has 3 aromatic rings. The van der Waals surface area contributed by atoms with Gasteiger partial charge in [0.1, 0.15) is 0 Å². The average molecular weight is 442 g/mol. The topological polar surface area (TPSA) is 106 Å². The van der Waals surface area contributed by atoms with E-state index in [1.807, 2.05) is 30.3 Å². The molecule has 0 aliphatic carbocycles. The molecule has 2 heterocycles. The van der Waals surface area contributed by atoms with E-state index in [1.54, 1.807) is 7.05 Å². The zero-order valence-corrected chi connectivity index (χ0v) is 17.8. The lowest BCUT2D eigenvalue weighted by molar-refractivity contribution is 0.0730. The number of sulfonamides is 1. The van der Waals surface area contributed by atoms with Crippen molar-refractivity contribution in [1.82, 2.24) is 19.3 Å². The molecule has 0 saturated carbocycles. The summed E-state index contributed by atoms with van der Waals surface area (Å²) in [6.45, 7) is 1.53. The molecule has 0 spiro atoms. The van der Waals surface area contributed by atoms with Crippen LogP contribution in [0.2, 0.25) is 0 Å². The number of ether oxygens (including phenoxy) is 1. The summed E-state index contributed by atoms with van der Waals surface area (Å²) in [5, 5.41) is 3.95. The van der Waals surface area contributed by atoms with Crippen LogP contribution in [0.1, 0.15) is 16.2 Å². The molecule has 9 nitrogen and oxygen atoms in total. The molecular formula is C21H22N4O5S. The molecule has 0 N–H and O–H groups in total. The average Bonchev–Trinajstić information content (AvgIpc) is 3.28. The highest BCUT2D eigenvalue weighted by molar-refractivity contribution is 7.89. The van der Waals surface area contributed by atoms with Gasteiger partial charge in [-0.25, -0.2) is 8.42 Å². The molecule has 1 aliphatic heterocycles. The van der Waals surface area contributed by atoms with Crippen molar-refractivity contribution in [2.75, 3.05) is 33.4 Å². The minimum Gasteiger partial charge on any atom is -0.379 e. The van der Waals surface area contributed by atoms with Crippen molar-refractivity contribution in [3.8, 4) is 11.4 Å². The summed E-state index contributed by atoms with van der Waals surface area (Å²) >= 11 is 0. The Bertz CT molecular complexity index is 1140. The van der Waals surface area contributed by atoms with Crippen LogP contribution >= 0.6 is 0 Å². The van der Waals surface area contributed by atoms with E-state index < -0.39 is 10.0 Å². The molecule has 1 fully saturated rings. The fourth-order valence-corrected chi connectivity index (χ4v) is 4.63. The predicted molar refractivity (Wildman–Crippen MR) is 112 cm³/mol. The van der Waals surface area contributed by atoms with Gasteiger partial charge in [0.05, 0.1) is 24.7 Å². The first-order valence-electron chi connectivity index (χ1n) is 9.76. The normalized spacial score (nSPS) is 15.0. The van der Waals surface area contributed by atoms with Crippen LogP contribution in [0.15, 0.2) is 64.0 Å². The Kier molecular flexibility index (Phi) is 6.12.